The van der Waals surface area contributed by atoms with Gasteiger partial charge < -0.3 is 9.47 Å². The lowest BCUT2D eigenvalue weighted by atomic mass is 9.94. The van der Waals surface area contributed by atoms with E-state index in [4.69, 9.17) is 14.5 Å². The highest BCUT2D eigenvalue weighted by Crippen LogP contribution is 2.31. The molecular formula is C22H27N5O2. The van der Waals surface area contributed by atoms with Gasteiger partial charge in [0.05, 0.1) is 25.2 Å². The third-order valence-electron chi connectivity index (χ3n) is 5.57. The number of aryl methyl sites for hydroxylation is 1. The predicted molar refractivity (Wildman–Crippen MR) is 110 cm³/mol. The first-order valence-corrected chi connectivity index (χ1v) is 9.96. The minimum atomic E-state index is 0.342. The molecular weight excluding hydrogens is 366 g/mol. The summed E-state index contributed by atoms with van der Waals surface area (Å²) in [6, 6.07) is 7.56. The Morgan fingerprint density at radius 1 is 1.14 bits per heavy atom. The van der Waals surface area contributed by atoms with Gasteiger partial charge in [0.1, 0.15) is 0 Å². The number of aromatic nitrogens is 4. The molecule has 2 aromatic heterocycles. The summed E-state index contributed by atoms with van der Waals surface area (Å²) >= 11 is 0. The molecule has 0 N–H and O–H groups in total. The van der Waals surface area contributed by atoms with Gasteiger partial charge in [0.25, 0.3) is 0 Å². The zero-order chi connectivity index (χ0) is 20.2. The molecule has 1 fully saturated rings. The number of para-hydroxylation sites is 2. The number of piperidine rings is 1. The third-order valence-corrected chi connectivity index (χ3v) is 5.57. The molecule has 1 aliphatic rings. The maximum atomic E-state index is 5.95. The molecule has 1 saturated heterocycles. The van der Waals surface area contributed by atoms with Gasteiger partial charge in [0, 0.05) is 43.5 Å². The maximum absolute atomic E-state index is 5.95. The van der Waals surface area contributed by atoms with Crippen LogP contribution >= 0.6 is 0 Å². The molecule has 7 heteroatoms. The van der Waals surface area contributed by atoms with Crippen molar-refractivity contribution in [1.29, 1.82) is 0 Å². The van der Waals surface area contributed by atoms with Crippen LogP contribution < -0.4 is 9.47 Å². The minimum Gasteiger partial charge on any atom is -0.493 e. The van der Waals surface area contributed by atoms with E-state index in [0.29, 0.717) is 23.3 Å². The van der Waals surface area contributed by atoms with E-state index in [1.165, 1.54) is 11.3 Å². The zero-order valence-corrected chi connectivity index (χ0v) is 17.2. The lowest BCUT2D eigenvalue weighted by Gasteiger charge is -2.32. The van der Waals surface area contributed by atoms with Gasteiger partial charge in [-0.2, -0.15) is 5.10 Å². The Bertz CT molecular complexity index is 971. The van der Waals surface area contributed by atoms with Gasteiger partial charge in [0.15, 0.2) is 11.5 Å². The molecule has 3 aromatic rings. The van der Waals surface area contributed by atoms with Gasteiger partial charge >= 0.3 is 0 Å². The van der Waals surface area contributed by atoms with Crippen LogP contribution in [-0.2, 0) is 13.6 Å². The number of rotatable bonds is 6. The molecule has 0 amide bonds. The molecule has 1 aromatic carbocycles. The van der Waals surface area contributed by atoms with E-state index in [0.717, 1.165) is 38.2 Å². The van der Waals surface area contributed by atoms with E-state index in [9.17, 15) is 0 Å². The molecule has 1 aliphatic heterocycles. The second-order valence-electron chi connectivity index (χ2n) is 7.49. The topological polar surface area (TPSA) is 65.3 Å². The monoisotopic (exact) mass is 393 g/mol. The smallest absolute Gasteiger partial charge is 0.238 e. The van der Waals surface area contributed by atoms with Crippen molar-refractivity contribution >= 4 is 0 Å². The van der Waals surface area contributed by atoms with Crippen molar-refractivity contribution in [3.63, 3.8) is 0 Å². The van der Waals surface area contributed by atoms with Crippen LogP contribution in [0.3, 0.4) is 0 Å². The highest BCUT2D eigenvalue weighted by molar-refractivity contribution is 5.41. The number of hydrogen-bond donors (Lipinski definition) is 0. The quantitative estimate of drug-likeness (QED) is 0.636. The largest absolute Gasteiger partial charge is 0.493 e. The highest BCUT2D eigenvalue weighted by atomic mass is 16.5. The molecule has 0 radical (unpaired) electrons. The molecule has 1 atom stereocenters. The second kappa shape index (κ2) is 8.61. The highest BCUT2D eigenvalue weighted by Gasteiger charge is 2.24. The van der Waals surface area contributed by atoms with E-state index in [1.807, 2.05) is 48.4 Å². The SMILES string of the molecule is COc1ccccc1Oc1cncc([C@@H]2CCCN(Cc3cnn(C)c3C)C2)n1. The van der Waals surface area contributed by atoms with Crippen molar-refractivity contribution in [3.05, 3.63) is 59.8 Å². The van der Waals surface area contributed by atoms with Crippen LogP contribution in [0.5, 0.6) is 17.4 Å². The first-order chi connectivity index (χ1) is 14.1. The van der Waals surface area contributed by atoms with Crippen molar-refractivity contribution < 1.29 is 9.47 Å². The van der Waals surface area contributed by atoms with E-state index in [2.05, 4.69) is 21.9 Å². The number of nitrogens with zero attached hydrogens (tertiary/aromatic N) is 5. The standard InChI is InChI=1S/C22H27N5O2/c1-16-18(11-24-26(16)2)15-27-10-6-7-17(14-27)19-12-23-13-22(25-19)29-21-9-5-4-8-20(21)28-3/h4-5,8-9,11-13,17H,6-7,10,14-15H2,1-3H3/t17-/m1/s1. The molecule has 29 heavy (non-hydrogen) atoms. The Balaban J connectivity index is 1.46. The lowest BCUT2D eigenvalue weighted by Crippen LogP contribution is -2.34. The average molecular weight is 393 g/mol. The number of likely N-dealkylation sites (tertiary alicyclic amines) is 1. The van der Waals surface area contributed by atoms with E-state index >= 15 is 0 Å². The normalized spacial score (nSPS) is 17.3. The second-order valence-corrected chi connectivity index (χ2v) is 7.49. The van der Waals surface area contributed by atoms with Crippen molar-refractivity contribution in [2.75, 3.05) is 20.2 Å². The van der Waals surface area contributed by atoms with Crippen LogP contribution in [0.15, 0.2) is 42.9 Å². The molecule has 0 bridgehead atoms. The van der Waals surface area contributed by atoms with Gasteiger partial charge in [0.2, 0.25) is 5.88 Å². The van der Waals surface area contributed by atoms with Crippen molar-refractivity contribution in [1.82, 2.24) is 24.6 Å². The molecule has 3 heterocycles. The van der Waals surface area contributed by atoms with Gasteiger partial charge in [-0.1, -0.05) is 12.1 Å². The average Bonchev–Trinajstić information content (AvgIpc) is 3.07. The van der Waals surface area contributed by atoms with Crippen LogP contribution in [0.2, 0.25) is 0 Å². The molecule has 0 saturated carbocycles. The third kappa shape index (κ3) is 4.40. The van der Waals surface area contributed by atoms with Crippen LogP contribution in [0, 0.1) is 6.92 Å². The minimum absolute atomic E-state index is 0.342. The fraction of sp³-hybridized carbons (Fsp3) is 0.409. The van der Waals surface area contributed by atoms with Gasteiger partial charge in [-0.15, -0.1) is 0 Å². The van der Waals surface area contributed by atoms with Gasteiger partial charge in [-0.3, -0.25) is 14.6 Å². The van der Waals surface area contributed by atoms with Crippen LogP contribution in [0.1, 0.15) is 35.7 Å². The Kier molecular flexibility index (Phi) is 5.76. The first-order valence-electron chi connectivity index (χ1n) is 9.96. The van der Waals surface area contributed by atoms with Crippen molar-refractivity contribution in [3.8, 4) is 17.4 Å². The van der Waals surface area contributed by atoms with E-state index < -0.39 is 0 Å². The summed E-state index contributed by atoms with van der Waals surface area (Å²) in [5.74, 6) is 2.15. The lowest BCUT2D eigenvalue weighted by molar-refractivity contribution is 0.197. The van der Waals surface area contributed by atoms with Crippen molar-refractivity contribution in [2.24, 2.45) is 7.05 Å². The predicted octanol–water partition coefficient (Wildman–Crippen LogP) is 3.70. The molecule has 152 valence electrons. The molecule has 4 rings (SSSR count). The van der Waals surface area contributed by atoms with Crippen molar-refractivity contribution in [2.45, 2.75) is 32.2 Å². The summed E-state index contributed by atoms with van der Waals surface area (Å²) in [5.41, 5.74) is 3.48. The summed E-state index contributed by atoms with van der Waals surface area (Å²) in [4.78, 5) is 11.6. The fourth-order valence-electron chi connectivity index (χ4n) is 3.80. The van der Waals surface area contributed by atoms with E-state index in [-0.39, 0.29) is 0 Å². The first kappa shape index (κ1) is 19.4. The van der Waals surface area contributed by atoms with Gasteiger partial charge in [-0.05, 0) is 38.4 Å². The summed E-state index contributed by atoms with van der Waals surface area (Å²) in [7, 11) is 3.62. The van der Waals surface area contributed by atoms with E-state index in [1.54, 1.807) is 13.3 Å². The summed E-state index contributed by atoms with van der Waals surface area (Å²) < 4.78 is 13.2. The molecule has 0 aliphatic carbocycles. The fourth-order valence-corrected chi connectivity index (χ4v) is 3.80. The van der Waals surface area contributed by atoms with Crippen LogP contribution in [-0.4, -0.2) is 44.8 Å². The summed E-state index contributed by atoms with van der Waals surface area (Å²) in [6.45, 7) is 5.09. The Morgan fingerprint density at radius 2 is 1.97 bits per heavy atom. The number of hydrogen-bond acceptors (Lipinski definition) is 6. The number of methoxy groups -OCH3 is 1. The zero-order valence-electron chi connectivity index (χ0n) is 17.2. The van der Waals surface area contributed by atoms with Crippen LogP contribution in [0.25, 0.3) is 0 Å². The van der Waals surface area contributed by atoms with Gasteiger partial charge in [-0.25, -0.2) is 4.98 Å². The van der Waals surface area contributed by atoms with Crippen LogP contribution in [0.4, 0.5) is 0 Å². The Morgan fingerprint density at radius 3 is 2.72 bits per heavy atom. The maximum Gasteiger partial charge on any atom is 0.238 e. The summed E-state index contributed by atoms with van der Waals surface area (Å²) in [5, 5.41) is 4.37. The molecule has 0 spiro atoms. The molecule has 7 nitrogen and oxygen atoms in total. The number of ether oxygens (including phenoxy) is 2. The molecule has 0 unspecified atom stereocenters. The Hall–Kier alpha value is -2.93. The number of benzene rings is 1. The Labute approximate surface area is 171 Å². The summed E-state index contributed by atoms with van der Waals surface area (Å²) in [6.07, 6.45) is 7.73.